The van der Waals surface area contributed by atoms with Gasteiger partial charge in [-0.25, -0.2) is 9.97 Å². The van der Waals surface area contributed by atoms with E-state index in [2.05, 4.69) is 25.7 Å². The van der Waals surface area contributed by atoms with Crippen LogP contribution in [0.1, 0.15) is 22.5 Å². The van der Waals surface area contributed by atoms with Crippen LogP contribution in [0.25, 0.3) is 16.9 Å². The molecule has 16 heteroatoms. The predicted molar refractivity (Wildman–Crippen MR) is 153 cm³/mol. The fourth-order valence-corrected chi connectivity index (χ4v) is 5.77. The van der Waals surface area contributed by atoms with E-state index in [1.165, 1.54) is 23.0 Å². The molecule has 2 N–H and O–H groups in total. The number of aromatic nitrogens is 5. The number of piperazine rings is 1. The molecule has 228 valence electrons. The van der Waals surface area contributed by atoms with Crippen molar-refractivity contribution in [3.05, 3.63) is 59.3 Å². The Labute approximate surface area is 254 Å². The highest BCUT2D eigenvalue weighted by Crippen LogP contribution is 2.37. The van der Waals surface area contributed by atoms with Crippen molar-refractivity contribution in [3.8, 4) is 17.3 Å². The Hall–Kier alpha value is -4.68. The number of fused-ring (bicyclic) bond motifs is 1. The van der Waals surface area contributed by atoms with E-state index in [0.717, 1.165) is 23.8 Å². The van der Waals surface area contributed by atoms with E-state index in [4.69, 9.17) is 16.9 Å². The molecule has 1 aromatic carbocycles. The van der Waals surface area contributed by atoms with Gasteiger partial charge in [-0.2, -0.15) is 23.5 Å². The van der Waals surface area contributed by atoms with Crippen LogP contribution in [0.15, 0.2) is 43.0 Å². The highest BCUT2D eigenvalue weighted by molar-refractivity contribution is 6.34. The van der Waals surface area contributed by atoms with Crippen molar-refractivity contribution >= 4 is 40.6 Å². The van der Waals surface area contributed by atoms with Crippen molar-refractivity contribution in [2.75, 3.05) is 44.6 Å². The van der Waals surface area contributed by atoms with Crippen molar-refractivity contribution in [2.45, 2.75) is 19.1 Å². The second kappa shape index (κ2) is 11.8. The van der Waals surface area contributed by atoms with Gasteiger partial charge >= 0.3 is 6.18 Å². The lowest BCUT2D eigenvalue weighted by Gasteiger charge is -2.36. The average Bonchev–Trinajstić information content (AvgIpc) is 3.77. The topological polar surface area (TPSA) is 136 Å². The van der Waals surface area contributed by atoms with Crippen LogP contribution in [0.5, 0.6) is 0 Å². The fraction of sp³-hybridized carbons (Fsp3) is 0.357. The zero-order valence-electron chi connectivity index (χ0n) is 23.2. The largest absolute Gasteiger partial charge is 0.435 e. The molecule has 12 nitrogen and oxygen atoms in total. The number of amides is 2. The summed E-state index contributed by atoms with van der Waals surface area (Å²) in [7, 11) is 0. The first kappa shape index (κ1) is 29.4. The Morgan fingerprint density at radius 3 is 2.61 bits per heavy atom. The Bertz CT molecular complexity index is 1770. The van der Waals surface area contributed by atoms with Crippen LogP contribution in [0.2, 0.25) is 5.02 Å². The third-order valence-corrected chi connectivity index (χ3v) is 8.03. The first-order valence-electron chi connectivity index (χ1n) is 13.8. The molecular formula is C28H26ClF3N10O2. The van der Waals surface area contributed by atoms with E-state index >= 15 is 0 Å². The molecule has 5 heterocycles. The third-order valence-electron chi connectivity index (χ3n) is 7.72. The monoisotopic (exact) mass is 626 g/mol. The van der Waals surface area contributed by atoms with Crippen molar-refractivity contribution < 1.29 is 22.8 Å². The average molecular weight is 627 g/mol. The molecule has 2 saturated heterocycles. The zero-order chi connectivity index (χ0) is 31.0. The summed E-state index contributed by atoms with van der Waals surface area (Å²) in [5.74, 6) is 0.113. The number of benzene rings is 1. The summed E-state index contributed by atoms with van der Waals surface area (Å²) in [5, 5.41) is 19.0. The van der Waals surface area contributed by atoms with Gasteiger partial charge in [0.1, 0.15) is 6.54 Å². The van der Waals surface area contributed by atoms with Gasteiger partial charge in [0, 0.05) is 57.0 Å². The minimum Gasteiger partial charge on any atom is -0.339 e. The van der Waals surface area contributed by atoms with E-state index in [1.807, 2.05) is 4.90 Å². The summed E-state index contributed by atoms with van der Waals surface area (Å²) in [4.78, 5) is 38.0. The van der Waals surface area contributed by atoms with Gasteiger partial charge in [-0.1, -0.05) is 11.6 Å². The second-order valence-corrected chi connectivity index (χ2v) is 10.9. The molecule has 0 unspecified atom stereocenters. The number of alkyl halides is 3. The van der Waals surface area contributed by atoms with Crippen molar-refractivity contribution in [1.82, 2.24) is 39.3 Å². The number of hydrogen-bond donors (Lipinski definition) is 2. The number of carbonyl (C=O) groups is 2. The number of halogens is 4. The molecule has 2 amide bonds. The molecule has 0 saturated carbocycles. The molecule has 0 bridgehead atoms. The van der Waals surface area contributed by atoms with Crippen LogP contribution >= 0.6 is 11.6 Å². The summed E-state index contributed by atoms with van der Waals surface area (Å²) >= 11 is 6.53. The fourth-order valence-electron chi connectivity index (χ4n) is 5.51. The maximum atomic E-state index is 13.7. The Kier molecular flexibility index (Phi) is 7.87. The van der Waals surface area contributed by atoms with Gasteiger partial charge in [0.05, 0.1) is 40.0 Å². The first-order chi connectivity index (χ1) is 21.1. The van der Waals surface area contributed by atoms with E-state index in [1.54, 1.807) is 29.2 Å². The van der Waals surface area contributed by atoms with E-state index in [-0.39, 0.29) is 52.0 Å². The molecule has 4 aromatic rings. The summed E-state index contributed by atoms with van der Waals surface area (Å²) < 4.78 is 43.6. The standard InChI is InChI=1S/C28H26ClF3N10O2/c29-21-13-18(1-2-19(21)27(44)40-11-9-39(10-12-40)26(43)17-3-5-34-14-17)37-24-25-36-15-22(42(25)8-6-35-24)20-16-41(7-4-33)38-23(20)28(30,31)32/h1-2,6,8,13,15-17,34H,3,5,7,9-12,14H2,(H,35,37)/t17-/m0/s1. The molecule has 0 radical (unpaired) electrons. The minimum atomic E-state index is -4.75. The highest BCUT2D eigenvalue weighted by Gasteiger charge is 2.38. The van der Waals surface area contributed by atoms with Crippen LogP contribution in [0.4, 0.5) is 24.7 Å². The van der Waals surface area contributed by atoms with Gasteiger partial charge in [-0.3, -0.25) is 18.7 Å². The number of rotatable bonds is 6. The zero-order valence-corrected chi connectivity index (χ0v) is 23.9. The Morgan fingerprint density at radius 2 is 1.93 bits per heavy atom. The van der Waals surface area contributed by atoms with Crippen molar-refractivity contribution in [2.24, 2.45) is 5.92 Å². The van der Waals surface area contributed by atoms with Gasteiger partial charge in [0.15, 0.2) is 17.2 Å². The number of carbonyl (C=O) groups excluding carboxylic acids is 2. The molecule has 44 heavy (non-hydrogen) atoms. The molecular weight excluding hydrogens is 601 g/mol. The first-order valence-corrected chi connectivity index (χ1v) is 14.2. The number of nitrogens with one attached hydrogen (secondary N) is 2. The van der Waals surface area contributed by atoms with Crippen LogP contribution in [-0.2, 0) is 17.5 Å². The summed E-state index contributed by atoms with van der Waals surface area (Å²) in [6.07, 6.45) is 1.38. The van der Waals surface area contributed by atoms with Crippen molar-refractivity contribution in [1.29, 1.82) is 5.26 Å². The lowest BCUT2D eigenvalue weighted by atomic mass is 10.1. The molecule has 2 aliphatic heterocycles. The lowest BCUT2D eigenvalue weighted by molar-refractivity contribution is -0.141. The summed E-state index contributed by atoms with van der Waals surface area (Å²) in [6, 6.07) is 6.58. The smallest absolute Gasteiger partial charge is 0.339 e. The van der Waals surface area contributed by atoms with E-state index in [0.29, 0.717) is 44.0 Å². The molecule has 1 atom stereocenters. The van der Waals surface area contributed by atoms with Crippen LogP contribution in [0, 0.1) is 17.2 Å². The molecule has 0 aliphatic carbocycles. The normalized spacial score (nSPS) is 17.2. The molecule has 6 rings (SSSR count). The van der Waals surface area contributed by atoms with Gasteiger partial charge in [-0.05, 0) is 31.2 Å². The number of anilines is 2. The van der Waals surface area contributed by atoms with Gasteiger partial charge < -0.3 is 20.4 Å². The lowest BCUT2D eigenvalue weighted by Crippen LogP contribution is -2.52. The SMILES string of the molecule is N#CCn1cc(-c2cnc3c(Nc4ccc(C(=O)N5CCN(C(=O)[C@H]6CCNC6)CC5)c(Cl)c4)nccn23)c(C(F)(F)F)n1. The quantitative estimate of drug-likeness (QED) is 0.332. The molecule has 3 aromatic heterocycles. The Morgan fingerprint density at radius 1 is 1.16 bits per heavy atom. The van der Waals surface area contributed by atoms with Crippen LogP contribution < -0.4 is 10.6 Å². The number of nitrogens with zero attached hydrogens (tertiary/aromatic N) is 8. The van der Waals surface area contributed by atoms with E-state index in [9.17, 15) is 22.8 Å². The Balaban J connectivity index is 1.18. The second-order valence-electron chi connectivity index (χ2n) is 10.5. The predicted octanol–water partition coefficient (Wildman–Crippen LogP) is 3.43. The molecule has 2 fully saturated rings. The van der Waals surface area contributed by atoms with Gasteiger partial charge in [-0.15, -0.1) is 0 Å². The number of hydrogen-bond acceptors (Lipinski definition) is 8. The maximum Gasteiger partial charge on any atom is 0.435 e. The third kappa shape index (κ3) is 5.65. The number of imidazole rings is 1. The van der Waals surface area contributed by atoms with Gasteiger partial charge in [0.2, 0.25) is 5.91 Å². The summed E-state index contributed by atoms with van der Waals surface area (Å²) in [6.45, 7) is 2.91. The maximum absolute atomic E-state index is 13.7. The summed E-state index contributed by atoms with van der Waals surface area (Å²) in [5.41, 5.74) is -0.227. The highest BCUT2D eigenvalue weighted by atomic mass is 35.5. The van der Waals surface area contributed by atoms with Crippen LogP contribution in [-0.4, -0.2) is 85.0 Å². The number of nitriles is 1. The van der Waals surface area contributed by atoms with Crippen LogP contribution in [0.3, 0.4) is 0 Å². The minimum absolute atomic E-state index is 0.00793. The van der Waals surface area contributed by atoms with E-state index < -0.39 is 11.9 Å². The van der Waals surface area contributed by atoms with Gasteiger partial charge in [0.25, 0.3) is 5.91 Å². The van der Waals surface area contributed by atoms with Crippen molar-refractivity contribution in [3.63, 3.8) is 0 Å². The molecule has 0 spiro atoms. The molecule has 2 aliphatic rings.